The van der Waals surface area contributed by atoms with Crippen LogP contribution in [0.25, 0.3) is 0 Å². The first-order valence-corrected chi connectivity index (χ1v) is 9.02. The summed E-state index contributed by atoms with van der Waals surface area (Å²) in [5.41, 5.74) is 4.29. The number of benzene rings is 2. The molecule has 2 aromatic carbocycles. The molecule has 21 heavy (non-hydrogen) atoms. The van der Waals surface area contributed by atoms with E-state index >= 15 is 0 Å². The molecule has 1 aliphatic rings. The van der Waals surface area contributed by atoms with Crippen molar-refractivity contribution in [3.8, 4) is 0 Å². The Hall–Kier alpha value is -0.640. The summed E-state index contributed by atoms with van der Waals surface area (Å²) in [5, 5.41) is 3.81. The molecule has 3 rings (SSSR count). The minimum atomic E-state index is 0.323. The fraction of sp³-hybridized carbons (Fsp3) is 0.333. The first-order chi connectivity index (χ1) is 10.1. The lowest BCUT2D eigenvalue weighted by Gasteiger charge is -2.29. The Morgan fingerprint density at radius 1 is 1.14 bits per heavy atom. The smallest absolute Gasteiger partial charge is 0.0328 e. The van der Waals surface area contributed by atoms with Crippen LogP contribution in [0, 0.1) is 0 Å². The summed E-state index contributed by atoms with van der Waals surface area (Å²) in [6, 6.07) is 16.0. The summed E-state index contributed by atoms with van der Waals surface area (Å²) in [6.07, 6.45) is 3.70. The SMILES string of the molecule is CC(NC1CCCc2ccccc21)c1ccc(Br)cc1Br. The zero-order valence-corrected chi connectivity index (χ0v) is 15.2. The van der Waals surface area contributed by atoms with Crippen molar-refractivity contribution >= 4 is 31.9 Å². The first-order valence-electron chi connectivity index (χ1n) is 7.44. The molecular weight excluding hydrogens is 390 g/mol. The van der Waals surface area contributed by atoms with E-state index in [4.69, 9.17) is 0 Å². The summed E-state index contributed by atoms with van der Waals surface area (Å²) < 4.78 is 2.26. The molecule has 0 aromatic heterocycles. The Morgan fingerprint density at radius 3 is 2.76 bits per heavy atom. The van der Waals surface area contributed by atoms with Crippen LogP contribution < -0.4 is 5.32 Å². The van der Waals surface area contributed by atoms with Crippen LogP contribution in [0.1, 0.15) is 48.5 Å². The quantitative estimate of drug-likeness (QED) is 0.662. The van der Waals surface area contributed by atoms with E-state index in [0.717, 1.165) is 8.95 Å². The van der Waals surface area contributed by atoms with Crippen LogP contribution in [0.4, 0.5) is 0 Å². The number of fused-ring (bicyclic) bond motifs is 1. The standard InChI is InChI=1S/C18H19Br2N/c1-12(15-10-9-14(19)11-17(15)20)21-18-8-4-6-13-5-2-3-7-16(13)18/h2-3,5,7,9-12,18,21H,4,6,8H2,1H3. The molecule has 0 amide bonds. The van der Waals surface area contributed by atoms with Gasteiger partial charge in [0.1, 0.15) is 0 Å². The van der Waals surface area contributed by atoms with E-state index in [-0.39, 0.29) is 0 Å². The number of rotatable bonds is 3. The Kier molecular flexibility index (Phi) is 4.82. The molecule has 2 aromatic rings. The molecule has 0 aliphatic heterocycles. The van der Waals surface area contributed by atoms with Gasteiger partial charge in [0, 0.05) is 21.0 Å². The highest BCUT2D eigenvalue weighted by Crippen LogP contribution is 2.33. The third-order valence-electron chi connectivity index (χ3n) is 4.25. The van der Waals surface area contributed by atoms with Crippen LogP contribution in [0.5, 0.6) is 0 Å². The lowest BCUT2D eigenvalue weighted by Crippen LogP contribution is -2.28. The molecule has 2 unspecified atom stereocenters. The van der Waals surface area contributed by atoms with Crippen molar-refractivity contribution in [3.63, 3.8) is 0 Å². The molecule has 1 aliphatic carbocycles. The van der Waals surface area contributed by atoms with E-state index < -0.39 is 0 Å². The van der Waals surface area contributed by atoms with Crippen LogP contribution in [-0.4, -0.2) is 0 Å². The highest BCUT2D eigenvalue weighted by molar-refractivity contribution is 9.11. The van der Waals surface area contributed by atoms with Crippen molar-refractivity contribution < 1.29 is 0 Å². The van der Waals surface area contributed by atoms with Gasteiger partial charge < -0.3 is 5.32 Å². The van der Waals surface area contributed by atoms with E-state index in [1.807, 2.05) is 0 Å². The Morgan fingerprint density at radius 2 is 1.95 bits per heavy atom. The van der Waals surface area contributed by atoms with Gasteiger partial charge >= 0.3 is 0 Å². The van der Waals surface area contributed by atoms with E-state index in [1.165, 1.54) is 36.0 Å². The van der Waals surface area contributed by atoms with Gasteiger partial charge in [-0.2, -0.15) is 0 Å². The molecule has 1 N–H and O–H groups in total. The topological polar surface area (TPSA) is 12.0 Å². The molecule has 0 fully saturated rings. The summed E-state index contributed by atoms with van der Waals surface area (Å²) in [5.74, 6) is 0. The molecule has 110 valence electrons. The van der Waals surface area contributed by atoms with Crippen LogP contribution in [0.2, 0.25) is 0 Å². The van der Waals surface area contributed by atoms with E-state index in [9.17, 15) is 0 Å². The van der Waals surface area contributed by atoms with E-state index in [0.29, 0.717) is 12.1 Å². The Labute approximate surface area is 143 Å². The van der Waals surface area contributed by atoms with Crippen LogP contribution >= 0.6 is 31.9 Å². The summed E-state index contributed by atoms with van der Waals surface area (Å²) in [4.78, 5) is 0. The third-order valence-corrected chi connectivity index (χ3v) is 5.43. The number of nitrogens with one attached hydrogen (secondary N) is 1. The maximum Gasteiger partial charge on any atom is 0.0328 e. The molecular formula is C18H19Br2N. The minimum absolute atomic E-state index is 0.323. The predicted octanol–water partition coefficient (Wildman–Crippen LogP) is 5.94. The van der Waals surface area contributed by atoms with Gasteiger partial charge in [-0.15, -0.1) is 0 Å². The number of hydrogen-bond acceptors (Lipinski definition) is 1. The van der Waals surface area contributed by atoms with Crippen LogP contribution in [0.15, 0.2) is 51.4 Å². The average molecular weight is 409 g/mol. The molecule has 0 spiro atoms. The van der Waals surface area contributed by atoms with Gasteiger partial charge in [-0.25, -0.2) is 0 Å². The summed E-state index contributed by atoms with van der Waals surface area (Å²) in [7, 11) is 0. The molecule has 3 heteroatoms. The molecule has 1 nitrogen and oxygen atoms in total. The van der Waals surface area contributed by atoms with Crippen LogP contribution in [0.3, 0.4) is 0 Å². The summed E-state index contributed by atoms with van der Waals surface area (Å²) >= 11 is 7.19. The van der Waals surface area contributed by atoms with Crippen molar-refractivity contribution in [1.82, 2.24) is 5.32 Å². The number of aryl methyl sites for hydroxylation is 1. The van der Waals surface area contributed by atoms with Crippen molar-refractivity contribution in [1.29, 1.82) is 0 Å². The van der Waals surface area contributed by atoms with Crippen molar-refractivity contribution in [2.24, 2.45) is 0 Å². The zero-order chi connectivity index (χ0) is 14.8. The number of halogens is 2. The van der Waals surface area contributed by atoms with Gasteiger partial charge in [-0.1, -0.05) is 62.2 Å². The van der Waals surface area contributed by atoms with Gasteiger partial charge in [0.15, 0.2) is 0 Å². The highest BCUT2D eigenvalue weighted by Gasteiger charge is 2.22. The molecule has 0 saturated carbocycles. The average Bonchev–Trinajstić information content (AvgIpc) is 2.47. The van der Waals surface area contributed by atoms with Gasteiger partial charge in [-0.05, 0) is 55.0 Å². The fourth-order valence-corrected chi connectivity index (χ4v) is 4.56. The molecule has 0 heterocycles. The monoisotopic (exact) mass is 407 g/mol. The van der Waals surface area contributed by atoms with E-state index in [1.54, 1.807) is 0 Å². The number of hydrogen-bond donors (Lipinski definition) is 1. The lowest BCUT2D eigenvalue weighted by atomic mass is 9.87. The van der Waals surface area contributed by atoms with Gasteiger partial charge in [0.2, 0.25) is 0 Å². The fourth-order valence-electron chi connectivity index (χ4n) is 3.17. The second kappa shape index (κ2) is 6.64. The second-order valence-corrected chi connectivity index (χ2v) is 7.47. The Bertz CT molecular complexity index is 639. The zero-order valence-electron chi connectivity index (χ0n) is 12.1. The minimum Gasteiger partial charge on any atom is -0.303 e. The van der Waals surface area contributed by atoms with Crippen molar-refractivity contribution in [3.05, 3.63) is 68.1 Å². The maximum absolute atomic E-state index is 3.81. The van der Waals surface area contributed by atoms with Crippen LogP contribution in [-0.2, 0) is 6.42 Å². The van der Waals surface area contributed by atoms with Gasteiger partial charge in [-0.3, -0.25) is 0 Å². The highest BCUT2D eigenvalue weighted by atomic mass is 79.9. The van der Waals surface area contributed by atoms with E-state index in [2.05, 4.69) is 86.6 Å². The third kappa shape index (κ3) is 3.41. The first kappa shape index (κ1) is 15.3. The van der Waals surface area contributed by atoms with Crippen molar-refractivity contribution in [2.45, 2.75) is 38.3 Å². The lowest BCUT2D eigenvalue weighted by molar-refractivity contribution is 0.415. The molecule has 2 atom stereocenters. The second-order valence-electron chi connectivity index (χ2n) is 5.70. The molecule has 0 bridgehead atoms. The largest absolute Gasteiger partial charge is 0.303 e. The maximum atomic E-state index is 3.81. The Balaban J connectivity index is 1.81. The van der Waals surface area contributed by atoms with Gasteiger partial charge in [0.05, 0.1) is 0 Å². The molecule has 0 radical (unpaired) electrons. The normalized spacial score (nSPS) is 19.1. The summed E-state index contributed by atoms with van der Waals surface area (Å²) in [6.45, 7) is 2.24. The predicted molar refractivity (Wildman–Crippen MR) is 95.5 cm³/mol. The van der Waals surface area contributed by atoms with Crippen molar-refractivity contribution in [2.75, 3.05) is 0 Å². The molecule has 0 saturated heterocycles. The van der Waals surface area contributed by atoms with Gasteiger partial charge in [0.25, 0.3) is 0 Å².